The molecular formula is C37H43N3O4S. The summed E-state index contributed by atoms with van der Waals surface area (Å²) in [6.45, 7) is 9.26. The van der Waals surface area contributed by atoms with Crippen LogP contribution in [-0.2, 0) is 32.6 Å². The molecule has 2 amide bonds. The summed E-state index contributed by atoms with van der Waals surface area (Å²) in [5, 5.41) is 3.08. The minimum Gasteiger partial charge on any atom is -0.352 e. The van der Waals surface area contributed by atoms with Gasteiger partial charge in [0.05, 0.1) is 10.6 Å². The van der Waals surface area contributed by atoms with Crippen LogP contribution >= 0.6 is 0 Å². The maximum absolute atomic E-state index is 14.6. The molecule has 0 saturated carbocycles. The molecule has 0 radical (unpaired) electrons. The second-order valence-corrected chi connectivity index (χ2v) is 13.4. The van der Waals surface area contributed by atoms with Crippen molar-refractivity contribution in [2.45, 2.75) is 71.0 Å². The lowest BCUT2D eigenvalue weighted by molar-refractivity contribution is -0.140. The third-order valence-electron chi connectivity index (χ3n) is 8.15. The molecule has 0 aliphatic carbocycles. The highest BCUT2D eigenvalue weighted by molar-refractivity contribution is 7.92. The fourth-order valence-electron chi connectivity index (χ4n) is 5.16. The molecule has 0 aromatic heterocycles. The molecule has 0 bridgehead atoms. The molecule has 0 fully saturated rings. The lowest BCUT2D eigenvalue weighted by Gasteiger charge is -2.35. The van der Waals surface area contributed by atoms with E-state index in [9.17, 15) is 18.0 Å². The van der Waals surface area contributed by atoms with Crippen molar-refractivity contribution in [1.29, 1.82) is 0 Å². The fraction of sp³-hybridized carbons (Fsp3) is 0.297. The molecule has 45 heavy (non-hydrogen) atoms. The average Bonchev–Trinajstić information content (AvgIpc) is 3.03. The van der Waals surface area contributed by atoms with Gasteiger partial charge in [-0.05, 0) is 74.6 Å². The smallest absolute Gasteiger partial charge is 0.264 e. The van der Waals surface area contributed by atoms with Gasteiger partial charge >= 0.3 is 0 Å². The second kappa shape index (κ2) is 15.0. The maximum Gasteiger partial charge on any atom is 0.264 e. The number of hydrogen-bond donors (Lipinski definition) is 1. The molecule has 4 aromatic rings. The summed E-state index contributed by atoms with van der Waals surface area (Å²) in [7, 11) is -4.15. The summed E-state index contributed by atoms with van der Waals surface area (Å²) < 4.78 is 29.6. The van der Waals surface area contributed by atoms with Crippen LogP contribution in [0, 0.1) is 20.8 Å². The van der Waals surface area contributed by atoms with Gasteiger partial charge in [0.25, 0.3) is 10.0 Å². The van der Waals surface area contributed by atoms with Crippen LogP contribution < -0.4 is 9.62 Å². The van der Waals surface area contributed by atoms with E-state index >= 15 is 0 Å². The number of carbonyl (C=O) groups is 2. The standard InChI is InChI=1S/C37H43N3O4S/c1-6-30(5)38-37(42)35(24-31-16-8-7-9-17-31)39(25-32-18-12-10-14-28(32)3)36(41)26-40(34-19-13-11-15-29(34)4)45(43,44)33-22-20-27(2)21-23-33/h7-23,30,35H,6,24-26H2,1-5H3,(H,38,42)/t30-,35-/m0/s1. The molecule has 0 saturated heterocycles. The molecular weight excluding hydrogens is 582 g/mol. The molecule has 7 nitrogen and oxygen atoms in total. The van der Waals surface area contributed by atoms with Crippen molar-refractivity contribution in [3.8, 4) is 0 Å². The highest BCUT2D eigenvalue weighted by atomic mass is 32.2. The van der Waals surface area contributed by atoms with Crippen molar-refractivity contribution in [3.63, 3.8) is 0 Å². The van der Waals surface area contributed by atoms with Crippen molar-refractivity contribution < 1.29 is 18.0 Å². The number of aryl methyl sites for hydroxylation is 3. The zero-order valence-electron chi connectivity index (χ0n) is 26.7. The number of nitrogens with zero attached hydrogens (tertiary/aromatic N) is 2. The Hall–Kier alpha value is -4.43. The van der Waals surface area contributed by atoms with Gasteiger partial charge in [-0.1, -0.05) is 97.4 Å². The molecule has 2 atom stereocenters. The third kappa shape index (κ3) is 8.39. The van der Waals surface area contributed by atoms with Crippen LogP contribution in [0.5, 0.6) is 0 Å². The molecule has 0 aliphatic rings. The number of rotatable bonds is 13. The summed E-state index contributed by atoms with van der Waals surface area (Å²) in [5.41, 5.74) is 4.79. The Kier molecular flexibility index (Phi) is 11.2. The predicted octanol–water partition coefficient (Wildman–Crippen LogP) is 6.36. The largest absolute Gasteiger partial charge is 0.352 e. The lowest BCUT2D eigenvalue weighted by Crippen LogP contribution is -2.54. The number of hydrogen-bond acceptors (Lipinski definition) is 4. The van der Waals surface area contributed by atoms with E-state index in [1.54, 1.807) is 41.3 Å². The summed E-state index contributed by atoms with van der Waals surface area (Å²) in [5.74, 6) is -0.753. The van der Waals surface area contributed by atoms with Gasteiger partial charge in [0.1, 0.15) is 12.6 Å². The summed E-state index contributed by atoms with van der Waals surface area (Å²) in [6, 6.07) is 30.0. The topological polar surface area (TPSA) is 86.8 Å². The van der Waals surface area contributed by atoms with Gasteiger partial charge < -0.3 is 10.2 Å². The van der Waals surface area contributed by atoms with Crippen LogP contribution in [0.4, 0.5) is 5.69 Å². The first-order chi connectivity index (χ1) is 21.5. The number of anilines is 1. The molecule has 8 heteroatoms. The minimum absolute atomic E-state index is 0.0879. The van der Waals surface area contributed by atoms with Crippen molar-refractivity contribution in [3.05, 3.63) is 131 Å². The van der Waals surface area contributed by atoms with Crippen LogP contribution in [0.15, 0.2) is 108 Å². The van der Waals surface area contributed by atoms with Crippen LogP contribution in [0.1, 0.15) is 48.1 Å². The van der Waals surface area contributed by atoms with Crippen molar-refractivity contribution in [1.82, 2.24) is 10.2 Å². The maximum atomic E-state index is 14.6. The van der Waals surface area contributed by atoms with Gasteiger partial charge in [0.2, 0.25) is 11.8 Å². The monoisotopic (exact) mass is 625 g/mol. The normalized spacial score (nSPS) is 12.6. The van der Waals surface area contributed by atoms with E-state index in [-0.39, 0.29) is 29.8 Å². The van der Waals surface area contributed by atoms with Crippen molar-refractivity contribution in [2.75, 3.05) is 10.8 Å². The Labute approximate surface area is 268 Å². The molecule has 0 unspecified atom stereocenters. The van der Waals surface area contributed by atoms with Crippen LogP contribution in [0.3, 0.4) is 0 Å². The Morgan fingerprint density at radius 1 is 0.778 bits per heavy atom. The Balaban J connectivity index is 1.83. The SMILES string of the molecule is CC[C@H](C)NC(=O)[C@H](Cc1ccccc1)N(Cc1ccccc1C)C(=O)CN(c1ccccc1C)S(=O)(=O)c1ccc(C)cc1. The quantitative estimate of drug-likeness (QED) is 0.187. The van der Waals surface area contributed by atoms with Gasteiger partial charge in [-0.2, -0.15) is 0 Å². The van der Waals surface area contributed by atoms with Gasteiger partial charge in [0, 0.05) is 19.0 Å². The molecule has 0 heterocycles. The predicted molar refractivity (Wildman–Crippen MR) is 180 cm³/mol. The molecule has 1 N–H and O–H groups in total. The number of amides is 2. The minimum atomic E-state index is -4.15. The lowest BCUT2D eigenvalue weighted by atomic mass is 10.0. The Bertz CT molecular complexity index is 1710. The van der Waals surface area contributed by atoms with Gasteiger partial charge in [-0.3, -0.25) is 13.9 Å². The number of carbonyl (C=O) groups excluding carboxylic acids is 2. The van der Waals surface area contributed by atoms with Gasteiger partial charge in [0.15, 0.2) is 0 Å². The van der Waals surface area contributed by atoms with E-state index in [1.165, 1.54) is 4.31 Å². The van der Waals surface area contributed by atoms with Crippen molar-refractivity contribution in [2.24, 2.45) is 0 Å². The number of nitrogens with one attached hydrogen (secondary N) is 1. The first-order valence-electron chi connectivity index (χ1n) is 15.3. The molecule has 0 aliphatic heterocycles. The molecule has 0 spiro atoms. The van der Waals surface area contributed by atoms with E-state index in [2.05, 4.69) is 5.32 Å². The van der Waals surface area contributed by atoms with E-state index in [0.717, 1.165) is 28.7 Å². The average molecular weight is 626 g/mol. The fourth-order valence-corrected chi connectivity index (χ4v) is 6.64. The van der Waals surface area contributed by atoms with Crippen LogP contribution in [0.2, 0.25) is 0 Å². The highest BCUT2D eigenvalue weighted by Gasteiger charge is 2.35. The zero-order chi connectivity index (χ0) is 32.6. The number of para-hydroxylation sites is 1. The van der Waals surface area contributed by atoms with Crippen LogP contribution in [0.25, 0.3) is 0 Å². The number of benzene rings is 4. The second-order valence-electron chi connectivity index (χ2n) is 11.6. The summed E-state index contributed by atoms with van der Waals surface area (Å²) >= 11 is 0. The third-order valence-corrected chi connectivity index (χ3v) is 9.92. The molecule has 4 rings (SSSR count). The molecule has 236 valence electrons. The van der Waals surface area contributed by atoms with Gasteiger partial charge in [-0.25, -0.2) is 8.42 Å². The van der Waals surface area contributed by atoms with E-state index < -0.39 is 28.5 Å². The Morgan fingerprint density at radius 2 is 1.38 bits per heavy atom. The first kappa shape index (κ1) is 33.5. The highest BCUT2D eigenvalue weighted by Crippen LogP contribution is 2.28. The van der Waals surface area contributed by atoms with E-state index in [4.69, 9.17) is 0 Å². The summed E-state index contributed by atoms with van der Waals surface area (Å²) in [6.07, 6.45) is 1.00. The van der Waals surface area contributed by atoms with Crippen molar-refractivity contribution >= 4 is 27.5 Å². The molecule has 4 aromatic carbocycles. The van der Waals surface area contributed by atoms with E-state index in [0.29, 0.717) is 11.3 Å². The summed E-state index contributed by atoms with van der Waals surface area (Å²) in [4.78, 5) is 30.2. The zero-order valence-corrected chi connectivity index (χ0v) is 27.6. The van der Waals surface area contributed by atoms with Crippen LogP contribution in [-0.4, -0.2) is 43.8 Å². The first-order valence-corrected chi connectivity index (χ1v) is 16.8. The Morgan fingerprint density at radius 3 is 2.00 bits per heavy atom. The van der Waals surface area contributed by atoms with Gasteiger partial charge in [-0.15, -0.1) is 0 Å². The number of sulfonamides is 1. The van der Waals surface area contributed by atoms with E-state index in [1.807, 2.05) is 101 Å².